The molecular formula is C15H24N2O3. The summed E-state index contributed by atoms with van der Waals surface area (Å²) in [7, 11) is 0. The van der Waals surface area contributed by atoms with Gasteiger partial charge in [0.25, 0.3) is 0 Å². The lowest BCUT2D eigenvalue weighted by Crippen LogP contribution is -2.47. The van der Waals surface area contributed by atoms with Crippen LogP contribution in [-0.2, 0) is 4.79 Å². The van der Waals surface area contributed by atoms with E-state index in [0.717, 1.165) is 19.3 Å². The molecule has 0 bridgehead atoms. The van der Waals surface area contributed by atoms with E-state index in [9.17, 15) is 14.7 Å². The lowest BCUT2D eigenvalue weighted by Gasteiger charge is -2.35. The van der Waals surface area contributed by atoms with Gasteiger partial charge >= 0.3 is 12.0 Å². The molecule has 5 nitrogen and oxygen atoms in total. The number of hydrogen-bond acceptors (Lipinski definition) is 2. The highest BCUT2D eigenvalue weighted by Crippen LogP contribution is 2.38. The second-order valence-corrected chi connectivity index (χ2v) is 5.69. The summed E-state index contributed by atoms with van der Waals surface area (Å²) in [4.78, 5) is 23.1. The third kappa shape index (κ3) is 4.76. The summed E-state index contributed by atoms with van der Waals surface area (Å²) in [6, 6.07) is -0.318. The molecule has 0 heterocycles. The van der Waals surface area contributed by atoms with Gasteiger partial charge in [-0.2, -0.15) is 0 Å². The summed E-state index contributed by atoms with van der Waals surface area (Å²) in [6.45, 7) is 2.83. The topological polar surface area (TPSA) is 78.4 Å². The highest BCUT2D eigenvalue weighted by atomic mass is 16.4. The number of carbonyl (C=O) groups is 2. The standard InChI is InChI=1S/C15H24N2O3/c1-3-4-5-10-16-14(20)17-11-15(13(18)19)8-6-12(2)7-9-15/h1,12H,4-11H2,2H3,(H,18,19)(H2,16,17,20). The monoisotopic (exact) mass is 280 g/mol. The maximum absolute atomic E-state index is 11.6. The molecule has 0 aromatic heterocycles. The van der Waals surface area contributed by atoms with E-state index >= 15 is 0 Å². The van der Waals surface area contributed by atoms with Crippen molar-refractivity contribution in [1.82, 2.24) is 10.6 Å². The van der Waals surface area contributed by atoms with Gasteiger partial charge in [-0.25, -0.2) is 4.79 Å². The van der Waals surface area contributed by atoms with Crippen molar-refractivity contribution in [2.75, 3.05) is 13.1 Å². The van der Waals surface area contributed by atoms with Gasteiger partial charge in [-0.1, -0.05) is 6.92 Å². The molecule has 112 valence electrons. The van der Waals surface area contributed by atoms with Crippen LogP contribution in [0.25, 0.3) is 0 Å². The lowest BCUT2D eigenvalue weighted by molar-refractivity contribution is -0.151. The van der Waals surface area contributed by atoms with E-state index in [1.807, 2.05) is 0 Å². The molecule has 1 aliphatic rings. The Labute approximate surface area is 120 Å². The van der Waals surface area contributed by atoms with Gasteiger partial charge in [-0.05, 0) is 38.0 Å². The molecule has 0 aromatic carbocycles. The van der Waals surface area contributed by atoms with Crippen molar-refractivity contribution in [1.29, 1.82) is 0 Å². The zero-order valence-corrected chi connectivity index (χ0v) is 12.1. The number of carbonyl (C=O) groups excluding carboxylic acids is 1. The second-order valence-electron chi connectivity index (χ2n) is 5.69. The molecule has 0 spiro atoms. The SMILES string of the molecule is C#CCCCNC(=O)NCC1(C(=O)O)CCC(C)CC1. The molecule has 20 heavy (non-hydrogen) atoms. The van der Waals surface area contributed by atoms with Gasteiger partial charge in [0, 0.05) is 19.5 Å². The van der Waals surface area contributed by atoms with E-state index in [-0.39, 0.29) is 12.6 Å². The van der Waals surface area contributed by atoms with Crippen LogP contribution in [0, 0.1) is 23.7 Å². The number of unbranched alkanes of at least 4 members (excludes halogenated alkanes) is 1. The molecular weight excluding hydrogens is 256 g/mol. The average molecular weight is 280 g/mol. The zero-order chi connectivity index (χ0) is 15.0. The molecule has 2 amide bonds. The zero-order valence-electron chi connectivity index (χ0n) is 12.1. The summed E-state index contributed by atoms with van der Waals surface area (Å²) < 4.78 is 0. The van der Waals surface area contributed by atoms with Crippen LogP contribution in [0.4, 0.5) is 4.79 Å². The minimum atomic E-state index is -0.808. The quantitative estimate of drug-likeness (QED) is 0.514. The minimum absolute atomic E-state index is 0.191. The van der Waals surface area contributed by atoms with Crippen LogP contribution in [0.1, 0.15) is 45.4 Å². The number of carboxylic acid groups (broad SMARTS) is 1. The third-order valence-electron chi connectivity index (χ3n) is 4.06. The molecule has 0 aromatic rings. The summed E-state index contributed by atoms with van der Waals surface area (Å²) in [5, 5.41) is 14.8. The number of rotatable bonds is 6. The first-order valence-electron chi connectivity index (χ1n) is 7.19. The van der Waals surface area contributed by atoms with Gasteiger partial charge in [0.05, 0.1) is 5.41 Å². The molecule has 0 atom stereocenters. The van der Waals surface area contributed by atoms with E-state index in [1.165, 1.54) is 0 Å². The fraction of sp³-hybridized carbons (Fsp3) is 0.733. The Bertz CT molecular complexity index is 379. The van der Waals surface area contributed by atoms with Crippen molar-refractivity contribution < 1.29 is 14.7 Å². The van der Waals surface area contributed by atoms with E-state index in [2.05, 4.69) is 23.5 Å². The van der Waals surface area contributed by atoms with Gasteiger partial charge in [-0.3, -0.25) is 4.79 Å². The molecule has 0 saturated heterocycles. The Morgan fingerprint density at radius 2 is 2.00 bits per heavy atom. The van der Waals surface area contributed by atoms with Gasteiger partial charge in [-0.15, -0.1) is 12.3 Å². The van der Waals surface area contributed by atoms with E-state index in [4.69, 9.17) is 6.42 Å². The Morgan fingerprint density at radius 3 is 2.55 bits per heavy atom. The van der Waals surface area contributed by atoms with Crippen LogP contribution in [0.5, 0.6) is 0 Å². The number of terminal acetylenes is 1. The number of urea groups is 1. The summed E-state index contributed by atoms with van der Waals surface area (Å²) >= 11 is 0. The summed E-state index contributed by atoms with van der Waals surface area (Å²) in [5.41, 5.74) is -0.803. The largest absolute Gasteiger partial charge is 0.481 e. The third-order valence-corrected chi connectivity index (χ3v) is 4.06. The molecule has 3 N–H and O–H groups in total. The normalized spacial score (nSPS) is 25.5. The molecule has 0 unspecified atom stereocenters. The number of nitrogens with one attached hydrogen (secondary N) is 2. The second kappa shape index (κ2) is 7.78. The van der Waals surface area contributed by atoms with Gasteiger partial charge in [0.15, 0.2) is 0 Å². The molecule has 1 rings (SSSR count). The Morgan fingerprint density at radius 1 is 1.35 bits per heavy atom. The number of carboxylic acids is 1. The molecule has 5 heteroatoms. The maximum atomic E-state index is 11.6. The van der Waals surface area contributed by atoms with Crippen LogP contribution < -0.4 is 10.6 Å². The number of hydrogen-bond donors (Lipinski definition) is 3. The van der Waals surface area contributed by atoms with Crippen LogP contribution >= 0.6 is 0 Å². The maximum Gasteiger partial charge on any atom is 0.314 e. The lowest BCUT2D eigenvalue weighted by atomic mass is 9.71. The Hall–Kier alpha value is -1.70. The van der Waals surface area contributed by atoms with Gasteiger partial charge in [0.2, 0.25) is 0 Å². The fourth-order valence-corrected chi connectivity index (χ4v) is 2.49. The first kappa shape index (κ1) is 16.4. The molecule has 0 radical (unpaired) electrons. The molecule has 1 fully saturated rings. The van der Waals surface area contributed by atoms with Crippen LogP contribution in [0.3, 0.4) is 0 Å². The van der Waals surface area contributed by atoms with Crippen molar-refractivity contribution in [3.63, 3.8) is 0 Å². The van der Waals surface area contributed by atoms with Crippen molar-refractivity contribution in [2.24, 2.45) is 11.3 Å². The number of aliphatic carboxylic acids is 1. The van der Waals surface area contributed by atoms with Crippen LogP contribution in [0.2, 0.25) is 0 Å². The highest BCUT2D eigenvalue weighted by Gasteiger charge is 2.41. The van der Waals surface area contributed by atoms with Crippen molar-refractivity contribution in [3.8, 4) is 12.3 Å². The van der Waals surface area contributed by atoms with E-state index in [1.54, 1.807) is 0 Å². The van der Waals surface area contributed by atoms with E-state index in [0.29, 0.717) is 31.7 Å². The van der Waals surface area contributed by atoms with Crippen LogP contribution in [-0.4, -0.2) is 30.2 Å². The number of amides is 2. The highest BCUT2D eigenvalue weighted by molar-refractivity contribution is 5.78. The first-order chi connectivity index (χ1) is 9.50. The van der Waals surface area contributed by atoms with Crippen molar-refractivity contribution in [3.05, 3.63) is 0 Å². The first-order valence-corrected chi connectivity index (χ1v) is 7.19. The average Bonchev–Trinajstić information content (AvgIpc) is 2.43. The Balaban J connectivity index is 2.38. The Kier molecular flexibility index (Phi) is 6.37. The molecule has 1 aliphatic carbocycles. The molecule has 1 saturated carbocycles. The summed E-state index contributed by atoms with van der Waals surface area (Å²) in [6.07, 6.45) is 9.52. The smallest absolute Gasteiger partial charge is 0.314 e. The fourth-order valence-electron chi connectivity index (χ4n) is 2.49. The molecule has 0 aliphatic heterocycles. The van der Waals surface area contributed by atoms with Gasteiger partial charge < -0.3 is 15.7 Å². The summed E-state index contributed by atoms with van der Waals surface area (Å²) in [5.74, 6) is 2.26. The predicted octanol–water partition coefficient (Wildman–Crippen LogP) is 1.98. The van der Waals surface area contributed by atoms with Crippen molar-refractivity contribution in [2.45, 2.75) is 45.4 Å². The van der Waals surface area contributed by atoms with E-state index < -0.39 is 11.4 Å². The van der Waals surface area contributed by atoms with Crippen LogP contribution in [0.15, 0.2) is 0 Å². The van der Waals surface area contributed by atoms with Gasteiger partial charge in [0.1, 0.15) is 0 Å². The van der Waals surface area contributed by atoms with Crippen molar-refractivity contribution >= 4 is 12.0 Å². The minimum Gasteiger partial charge on any atom is -0.481 e. The predicted molar refractivity (Wildman–Crippen MR) is 77.2 cm³/mol.